The van der Waals surface area contributed by atoms with Gasteiger partial charge in [-0.3, -0.25) is 14.4 Å². The highest BCUT2D eigenvalue weighted by atomic mass is 16.5. The van der Waals surface area contributed by atoms with Crippen molar-refractivity contribution in [2.75, 3.05) is 38.2 Å². The maximum absolute atomic E-state index is 13.2. The molecule has 0 saturated carbocycles. The average Bonchev–Trinajstić information content (AvgIpc) is 2.94. The number of piperazine rings is 1. The second-order valence-electron chi connectivity index (χ2n) is 9.43. The molecule has 1 fully saturated rings. The first kappa shape index (κ1) is 25.1. The van der Waals surface area contributed by atoms with Crippen molar-refractivity contribution in [2.24, 2.45) is 9.98 Å². The van der Waals surface area contributed by atoms with Gasteiger partial charge in [-0.25, -0.2) is 9.98 Å². The summed E-state index contributed by atoms with van der Waals surface area (Å²) in [7, 11) is 1.52. The van der Waals surface area contributed by atoms with Gasteiger partial charge in [0.2, 0.25) is 0 Å². The minimum atomic E-state index is -0.625. The first-order chi connectivity index (χ1) is 18.3. The molecule has 0 radical (unpaired) electrons. The van der Waals surface area contributed by atoms with Gasteiger partial charge in [-0.2, -0.15) is 0 Å². The van der Waals surface area contributed by atoms with E-state index in [-0.39, 0.29) is 17.4 Å². The smallest absolute Gasteiger partial charge is 0.296 e. The van der Waals surface area contributed by atoms with Crippen molar-refractivity contribution in [3.8, 4) is 5.75 Å². The summed E-state index contributed by atoms with van der Waals surface area (Å²) >= 11 is 0. The average molecular weight is 509 g/mol. The summed E-state index contributed by atoms with van der Waals surface area (Å²) in [6, 6.07) is 18.0. The first-order valence-electron chi connectivity index (χ1n) is 12.5. The normalized spacial score (nSPS) is 16.0. The highest BCUT2D eigenvalue weighted by Gasteiger charge is 2.24. The molecule has 192 valence electrons. The van der Waals surface area contributed by atoms with Gasteiger partial charge in [-0.05, 0) is 61.4 Å². The molecule has 3 aromatic rings. The lowest BCUT2D eigenvalue weighted by atomic mass is 10.1. The number of benzene rings is 3. The van der Waals surface area contributed by atoms with Crippen LogP contribution in [0.15, 0.2) is 82.4 Å². The van der Waals surface area contributed by atoms with Crippen LogP contribution in [0, 0.1) is 13.8 Å². The number of amides is 2. The Labute approximate surface area is 220 Å². The van der Waals surface area contributed by atoms with E-state index >= 15 is 0 Å². The highest BCUT2D eigenvalue weighted by molar-refractivity contribution is 6.10. The van der Waals surface area contributed by atoms with E-state index in [9.17, 15) is 14.4 Å². The van der Waals surface area contributed by atoms with Crippen LogP contribution >= 0.6 is 0 Å². The fourth-order valence-electron chi connectivity index (χ4n) is 4.66. The highest BCUT2D eigenvalue weighted by Crippen LogP contribution is 2.23. The van der Waals surface area contributed by atoms with E-state index in [0.29, 0.717) is 40.7 Å². The zero-order chi connectivity index (χ0) is 26.8. The standard InChI is InChI=1S/C30H28N4O4/c1-19-7-8-20(2)27(15-19)33-11-13-34(14-12-33)30(37)22-9-10-24-25(17-22)32-29(36)26(31-24)18-28(35)21-5-4-6-23(16-21)38-3/h4-10,15-18H,11-14H2,1-3H3/b26-18-. The number of hydrogen-bond donors (Lipinski definition) is 0. The molecule has 0 bridgehead atoms. The van der Waals surface area contributed by atoms with E-state index in [4.69, 9.17) is 4.74 Å². The van der Waals surface area contributed by atoms with E-state index in [1.54, 1.807) is 42.5 Å². The number of rotatable bonds is 5. The number of anilines is 1. The lowest BCUT2D eigenvalue weighted by Crippen LogP contribution is -2.49. The van der Waals surface area contributed by atoms with Gasteiger partial charge in [-0.15, -0.1) is 0 Å². The molecule has 0 spiro atoms. The molecule has 0 aromatic heterocycles. The van der Waals surface area contributed by atoms with Crippen LogP contribution in [0.2, 0.25) is 0 Å². The van der Waals surface area contributed by atoms with Gasteiger partial charge in [0.05, 0.1) is 17.8 Å². The molecular formula is C30H28N4O4. The SMILES string of the molecule is COc1cccc(C(=O)/C=C2\N=c3ccc(C(=O)N4CCN(c5cc(C)ccc5C)CC4)cc3=NC2=O)c1. The van der Waals surface area contributed by atoms with Gasteiger partial charge < -0.3 is 14.5 Å². The molecule has 2 amide bonds. The maximum Gasteiger partial charge on any atom is 0.296 e. The molecule has 8 nitrogen and oxygen atoms in total. The van der Waals surface area contributed by atoms with Gasteiger partial charge in [0, 0.05) is 49.1 Å². The Morgan fingerprint density at radius 2 is 1.66 bits per heavy atom. The fourth-order valence-corrected chi connectivity index (χ4v) is 4.66. The van der Waals surface area contributed by atoms with Crippen molar-refractivity contribution in [1.82, 2.24) is 4.90 Å². The lowest BCUT2D eigenvalue weighted by molar-refractivity contribution is -0.114. The maximum atomic E-state index is 13.2. The molecule has 0 atom stereocenters. The Morgan fingerprint density at radius 1 is 0.868 bits per heavy atom. The van der Waals surface area contributed by atoms with Crippen molar-refractivity contribution in [1.29, 1.82) is 0 Å². The second-order valence-corrected chi connectivity index (χ2v) is 9.43. The Hall–Kier alpha value is -4.59. The zero-order valence-corrected chi connectivity index (χ0v) is 21.6. The number of fused-ring (bicyclic) bond motifs is 1. The summed E-state index contributed by atoms with van der Waals surface area (Å²) in [5.74, 6) is -0.562. The van der Waals surface area contributed by atoms with Gasteiger partial charge in [-0.1, -0.05) is 24.3 Å². The predicted octanol–water partition coefficient (Wildman–Crippen LogP) is 2.82. The van der Waals surface area contributed by atoms with E-state index < -0.39 is 5.91 Å². The summed E-state index contributed by atoms with van der Waals surface area (Å²) < 4.78 is 5.16. The summed E-state index contributed by atoms with van der Waals surface area (Å²) in [6.07, 6.45) is 1.18. The number of aryl methyl sites for hydroxylation is 2. The number of hydrogen-bond acceptors (Lipinski definition) is 6. The van der Waals surface area contributed by atoms with E-state index in [2.05, 4.69) is 46.9 Å². The molecule has 8 heteroatoms. The van der Waals surface area contributed by atoms with Gasteiger partial charge in [0.25, 0.3) is 11.8 Å². The van der Waals surface area contributed by atoms with E-state index in [1.165, 1.54) is 30.0 Å². The third-order valence-corrected chi connectivity index (χ3v) is 6.80. The molecule has 3 aromatic carbocycles. The molecule has 38 heavy (non-hydrogen) atoms. The van der Waals surface area contributed by atoms with Crippen LogP contribution in [0.4, 0.5) is 5.69 Å². The first-order valence-corrected chi connectivity index (χ1v) is 12.5. The minimum absolute atomic E-state index is 0.0491. The number of carbonyl (C=O) groups excluding carboxylic acids is 3. The number of allylic oxidation sites excluding steroid dienone is 1. The van der Waals surface area contributed by atoms with Crippen LogP contribution in [-0.4, -0.2) is 55.8 Å². The predicted molar refractivity (Wildman–Crippen MR) is 143 cm³/mol. The van der Waals surface area contributed by atoms with Crippen LogP contribution in [0.3, 0.4) is 0 Å². The van der Waals surface area contributed by atoms with Gasteiger partial charge in [0.1, 0.15) is 11.4 Å². The Morgan fingerprint density at radius 3 is 2.42 bits per heavy atom. The van der Waals surface area contributed by atoms with E-state index in [0.717, 1.165) is 13.1 Å². The van der Waals surface area contributed by atoms with Gasteiger partial charge >= 0.3 is 0 Å². The van der Waals surface area contributed by atoms with Crippen LogP contribution in [-0.2, 0) is 4.79 Å². The number of methoxy groups -OCH3 is 1. The number of carbonyl (C=O) groups is 3. The quantitative estimate of drug-likeness (QED) is 0.391. The number of ketones is 1. The molecule has 2 heterocycles. The molecule has 2 aliphatic heterocycles. The third-order valence-electron chi connectivity index (χ3n) is 6.80. The number of ether oxygens (including phenoxy) is 1. The Balaban J connectivity index is 1.32. The van der Waals surface area contributed by atoms with Crippen molar-refractivity contribution in [3.05, 3.63) is 105 Å². The zero-order valence-electron chi connectivity index (χ0n) is 21.6. The Kier molecular flexibility index (Phi) is 6.87. The second kappa shape index (κ2) is 10.4. The molecule has 5 rings (SSSR count). The molecule has 2 aliphatic rings. The summed E-state index contributed by atoms with van der Waals surface area (Å²) in [6.45, 7) is 6.87. The largest absolute Gasteiger partial charge is 0.497 e. The van der Waals surface area contributed by atoms with Crippen molar-refractivity contribution >= 4 is 23.3 Å². The van der Waals surface area contributed by atoms with Gasteiger partial charge in [0.15, 0.2) is 5.78 Å². The minimum Gasteiger partial charge on any atom is -0.497 e. The van der Waals surface area contributed by atoms with Crippen molar-refractivity contribution in [2.45, 2.75) is 13.8 Å². The topological polar surface area (TPSA) is 91.6 Å². The third kappa shape index (κ3) is 5.11. The monoisotopic (exact) mass is 508 g/mol. The summed E-state index contributed by atoms with van der Waals surface area (Å²) in [4.78, 5) is 51.1. The van der Waals surface area contributed by atoms with Crippen LogP contribution < -0.4 is 20.4 Å². The van der Waals surface area contributed by atoms with Crippen molar-refractivity contribution < 1.29 is 19.1 Å². The molecule has 0 aliphatic carbocycles. The Bertz CT molecular complexity index is 1600. The van der Waals surface area contributed by atoms with Crippen molar-refractivity contribution in [3.63, 3.8) is 0 Å². The summed E-state index contributed by atoms with van der Waals surface area (Å²) in [5.41, 5.74) is 4.42. The molecule has 1 saturated heterocycles. The summed E-state index contributed by atoms with van der Waals surface area (Å²) in [5, 5.41) is 0.756. The van der Waals surface area contributed by atoms with Crippen LogP contribution in [0.25, 0.3) is 0 Å². The lowest BCUT2D eigenvalue weighted by Gasteiger charge is -2.37. The van der Waals surface area contributed by atoms with E-state index in [1.807, 2.05) is 4.90 Å². The van der Waals surface area contributed by atoms with Crippen LogP contribution in [0.1, 0.15) is 31.8 Å². The molecule has 0 unspecified atom stereocenters. The molecule has 0 N–H and O–H groups in total. The fraction of sp³-hybridized carbons (Fsp3) is 0.233. The number of nitrogens with zero attached hydrogens (tertiary/aromatic N) is 4. The molecular weight excluding hydrogens is 480 g/mol. The van der Waals surface area contributed by atoms with Crippen LogP contribution in [0.5, 0.6) is 5.75 Å².